The summed E-state index contributed by atoms with van der Waals surface area (Å²) < 4.78 is 42.6. The maximum Gasteiger partial charge on any atom is 3.00 e. The molecule has 1 radical (unpaired) electrons. The molecule has 0 saturated carbocycles. The summed E-state index contributed by atoms with van der Waals surface area (Å²) in [6.07, 6.45) is 12.6. The monoisotopic (exact) mass is 548 g/mol. The van der Waals surface area contributed by atoms with Gasteiger partial charge < -0.3 is 14.7 Å². The van der Waals surface area contributed by atoms with Crippen LogP contribution in [0.1, 0.15) is 97.8 Å². The third-order valence-corrected chi connectivity index (χ3v) is 4.76. The first kappa shape index (κ1) is 38.8. The number of hydrogen-bond acceptors (Lipinski definition) is 9. The standard InChI is InChI=1S/3C6H13O3P.Fe/c3*1-2-3-4-5-6-9-10(7)8;/h3*2-6H2,1H3;/q;;;+3. The molecule has 0 aliphatic carbocycles. The van der Waals surface area contributed by atoms with Crippen LogP contribution in [0, 0.1) is 0 Å². The fourth-order valence-corrected chi connectivity index (χ4v) is 2.84. The van der Waals surface area contributed by atoms with E-state index in [4.69, 9.17) is 0 Å². The molecule has 0 aliphatic heterocycles. The predicted molar refractivity (Wildman–Crippen MR) is 113 cm³/mol. The van der Waals surface area contributed by atoms with Crippen molar-refractivity contribution in [1.82, 2.24) is 0 Å². The van der Waals surface area contributed by atoms with Crippen molar-refractivity contribution in [2.75, 3.05) is 19.8 Å². The van der Waals surface area contributed by atoms with Gasteiger partial charge in [-0.1, -0.05) is 78.6 Å². The van der Waals surface area contributed by atoms with E-state index < -0.39 is 24.8 Å². The van der Waals surface area contributed by atoms with E-state index in [1.807, 2.05) is 0 Å². The van der Waals surface area contributed by atoms with E-state index in [1.165, 1.54) is 0 Å². The van der Waals surface area contributed by atoms with Crippen molar-refractivity contribution in [3.05, 3.63) is 0 Å². The molecule has 3 atom stereocenters. The maximum absolute atomic E-state index is 9.85. The summed E-state index contributed by atoms with van der Waals surface area (Å²) in [5, 5.41) is 0. The van der Waals surface area contributed by atoms with Gasteiger partial charge in [0.15, 0.2) is 0 Å². The predicted octanol–water partition coefficient (Wildman–Crippen LogP) is 4.80. The van der Waals surface area contributed by atoms with Crippen LogP contribution in [0.3, 0.4) is 0 Å². The van der Waals surface area contributed by atoms with Crippen molar-refractivity contribution >= 4 is 24.8 Å². The second-order valence-corrected chi connectivity index (χ2v) is 8.47. The van der Waals surface area contributed by atoms with Crippen LogP contribution < -0.4 is 14.7 Å². The first-order valence-corrected chi connectivity index (χ1v) is 13.9. The van der Waals surface area contributed by atoms with Crippen molar-refractivity contribution in [1.29, 1.82) is 0 Å². The number of hydrogen-bond donors (Lipinski definition) is 0. The minimum Gasteiger partial charge on any atom is -0.566 e. The van der Waals surface area contributed by atoms with E-state index in [0.717, 1.165) is 77.0 Å². The van der Waals surface area contributed by atoms with E-state index >= 15 is 0 Å². The summed E-state index contributed by atoms with van der Waals surface area (Å²) >= 11 is 0. The Morgan fingerprint density at radius 2 is 0.710 bits per heavy atom. The molecule has 3 unspecified atom stereocenters. The molecule has 0 heterocycles. The van der Waals surface area contributed by atoms with Crippen molar-refractivity contribution < 1.29 is 59.0 Å². The average molecular weight is 548 g/mol. The fourth-order valence-electron chi connectivity index (χ4n) is 2.00. The van der Waals surface area contributed by atoms with Gasteiger partial charge in [-0.25, -0.2) is 0 Å². The first-order valence-electron chi connectivity index (χ1n) is 10.6. The van der Waals surface area contributed by atoms with Crippen molar-refractivity contribution in [3.63, 3.8) is 0 Å². The normalized spacial score (nSPS) is 11.2. The van der Waals surface area contributed by atoms with Crippen molar-refractivity contribution in [3.8, 4) is 0 Å². The summed E-state index contributed by atoms with van der Waals surface area (Å²) in [4.78, 5) is 29.5. The van der Waals surface area contributed by atoms with Gasteiger partial charge in [-0.3, -0.25) is 0 Å². The van der Waals surface area contributed by atoms with Gasteiger partial charge in [0.1, 0.15) is 19.8 Å². The molecular weight excluding hydrogens is 509 g/mol. The van der Waals surface area contributed by atoms with Gasteiger partial charge in [0, 0.05) is 0 Å². The Balaban J connectivity index is -0.000000174. The van der Waals surface area contributed by atoms with Gasteiger partial charge >= 0.3 is 41.8 Å². The van der Waals surface area contributed by atoms with Crippen LogP contribution in [-0.4, -0.2) is 19.8 Å². The second kappa shape index (κ2) is 35.2. The topological polar surface area (TPSA) is 148 Å². The van der Waals surface area contributed by atoms with Gasteiger partial charge in [-0.15, -0.1) is 13.6 Å². The summed E-state index contributed by atoms with van der Waals surface area (Å²) in [6.45, 7) is 7.36. The largest absolute Gasteiger partial charge is 3.00 e. The van der Waals surface area contributed by atoms with Crippen LogP contribution in [0.2, 0.25) is 0 Å². The third-order valence-electron chi connectivity index (χ3n) is 3.58. The van der Waals surface area contributed by atoms with E-state index in [-0.39, 0.29) is 17.1 Å². The Kier molecular flexibility index (Phi) is 44.1. The second-order valence-electron chi connectivity index (χ2n) is 6.35. The molecule has 0 aromatic heterocycles. The van der Waals surface area contributed by atoms with Gasteiger partial charge in [0.2, 0.25) is 0 Å². The minimum atomic E-state index is -2.62. The quantitative estimate of drug-likeness (QED) is 0.134. The zero-order valence-electron chi connectivity index (χ0n) is 19.0. The van der Waals surface area contributed by atoms with E-state index in [2.05, 4.69) is 34.3 Å². The molecule has 0 fully saturated rings. The summed E-state index contributed by atoms with van der Waals surface area (Å²) in [6, 6.07) is 0. The molecule has 0 spiro atoms. The van der Waals surface area contributed by atoms with Crippen LogP contribution in [0.25, 0.3) is 0 Å². The zero-order chi connectivity index (χ0) is 23.5. The third kappa shape index (κ3) is 53.6. The molecule has 9 nitrogen and oxygen atoms in total. The Morgan fingerprint density at radius 1 is 0.484 bits per heavy atom. The molecule has 0 bridgehead atoms. The minimum absolute atomic E-state index is 0. The fraction of sp³-hybridized carbons (Fsp3) is 1.00. The van der Waals surface area contributed by atoms with Crippen LogP contribution >= 0.6 is 24.8 Å². The molecular formula is C18H39FeO9P3+3. The Bertz CT molecular complexity index is 348. The number of rotatable bonds is 18. The molecule has 31 heavy (non-hydrogen) atoms. The van der Waals surface area contributed by atoms with E-state index in [1.54, 1.807) is 0 Å². The molecule has 0 N–H and O–H groups in total. The number of unbranched alkanes of at least 4 members (excludes halogenated alkanes) is 9. The average Bonchev–Trinajstić information content (AvgIpc) is 2.68. The van der Waals surface area contributed by atoms with Gasteiger partial charge in [-0.2, -0.15) is 0 Å². The van der Waals surface area contributed by atoms with Crippen LogP contribution in [0.15, 0.2) is 0 Å². The Hall–Kier alpha value is 0.579. The molecule has 0 saturated heterocycles. The molecule has 0 rings (SSSR count). The maximum atomic E-state index is 9.85. The Labute approximate surface area is 201 Å². The van der Waals surface area contributed by atoms with Crippen LogP contribution in [-0.2, 0) is 44.3 Å². The molecule has 0 aromatic rings. The Morgan fingerprint density at radius 3 is 0.871 bits per heavy atom. The first-order chi connectivity index (χ1) is 14.3. The van der Waals surface area contributed by atoms with Crippen LogP contribution in [0.5, 0.6) is 0 Å². The van der Waals surface area contributed by atoms with Crippen LogP contribution in [0.4, 0.5) is 0 Å². The van der Waals surface area contributed by atoms with E-state index in [0.29, 0.717) is 19.8 Å². The molecule has 13 heteroatoms. The smallest absolute Gasteiger partial charge is 0.566 e. The SMILES string of the molecule is CCCCCCO[P+](=O)[O-].CCCCCCO[P+](=O)[O-].CCCCCCO[P+](=O)[O-].[Fe+3]. The summed E-state index contributed by atoms with van der Waals surface area (Å²) in [7, 11) is -7.86. The molecule has 185 valence electrons. The molecule has 0 amide bonds. The zero-order valence-corrected chi connectivity index (χ0v) is 22.8. The van der Waals surface area contributed by atoms with Crippen molar-refractivity contribution in [2.24, 2.45) is 0 Å². The summed E-state index contributed by atoms with van der Waals surface area (Å²) in [5.74, 6) is 0. The van der Waals surface area contributed by atoms with Gasteiger partial charge in [0.05, 0.1) is 0 Å². The van der Waals surface area contributed by atoms with Crippen molar-refractivity contribution in [2.45, 2.75) is 97.8 Å². The van der Waals surface area contributed by atoms with E-state index in [9.17, 15) is 28.4 Å². The molecule has 0 aliphatic rings. The van der Waals surface area contributed by atoms with Gasteiger partial charge in [-0.05, 0) is 33.0 Å². The van der Waals surface area contributed by atoms with Gasteiger partial charge in [0.25, 0.3) is 0 Å². The summed E-state index contributed by atoms with van der Waals surface area (Å²) in [5.41, 5.74) is 0. The molecule has 0 aromatic carbocycles.